The lowest BCUT2D eigenvalue weighted by atomic mass is 9.98. The summed E-state index contributed by atoms with van der Waals surface area (Å²) in [6, 6.07) is 160. The first kappa shape index (κ1) is 67.7. The Kier molecular flexibility index (Phi) is 18.4. The molecule has 0 aliphatic rings. The first-order valence-corrected chi connectivity index (χ1v) is 38.2. The first-order valence-electron chi connectivity index (χ1n) is 38.2. The minimum atomic E-state index is 0.906. The predicted octanol–water partition coefficient (Wildman–Crippen LogP) is 30.8. The van der Waals surface area contributed by atoms with Gasteiger partial charge in [-0.15, -0.1) is 0 Å². The zero-order valence-corrected chi connectivity index (χ0v) is 61.4. The molecular formula is C108H74N2O2. The second-order valence-corrected chi connectivity index (χ2v) is 28.3. The number of benzene rings is 18. The van der Waals surface area contributed by atoms with Gasteiger partial charge in [0.25, 0.3) is 0 Å². The van der Waals surface area contributed by atoms with Gasteiger partial charge < -0.3 is 18.6 Å². The van der Waals surface area contributed by atoms with Crippen molar-refractivity contribution in [2.24, 2.45) is 0 Å². The maximum absolute atomic E-state index is 6.40. The summed E-state index contributed by atoms with van der Waals surface area (Å²) in [5, 5.41) is 4.54. The van der Waals surface area contributed by atoms with Crippen LogP contribution in [0.4, 0.5) is 34.1 Å². The number of anilines is 6. The Bertz CT molecular complexity index is 6390. The lowest BCUT2D eigenvalue weighted by Crippen LogP contribution is -2.09. The van der Waals surface area contributed by atoms with Crippen molar-refractivity contribution in [3.05, 3.63) is 449 Å². The third-order valence-electron chi connectivity index (χ3n) is 21.4. The van der Waals surface area contributed by atoms with E-state index in [4.69, 9.17) is 8.83 Å². The number of rotatable bonds is 16. The van der Waals surface area contributed by atoms with Crippen molar-refractivity contribution in [3.8, 4) is 111 Å². The molecule has 0 amide bonds. The lowest BCUT2D eigenvalue weighted by Gasteiger charge is -2.26. The van der Waals surface area contributed by atoms with Crippen molar-refractivity contribution in [1.82, 2.24) is 0 Å². The van der Waals surface area contributed by atoms with Gasteiger partial charge in [0.1, 0.15) is 22.3 Å². The van der Waals surface area contributed by atoms with Crippen molar-refractivity contribution in [2.75, 3.05) is 9.80 Å². The van der Waals surface area contributed by atoms with Gasteiger partial charge in [-0.1, -0.05) is 352 Å². The van der Waals surface area contributed by atoms with Gasteiger partial charge in [0.2, 0.25) is 0 Å². The van der Waals surface area contributed by atoms with Crippen LogP contribution in [0.15, 0.2) is 458 Å². The number of hydrogen-bond donors (Lipinski definition) is 0. The van der Waals surface area contributed by atoms with Crippen LogP contribution in [0.5, 0.6) is 0 Å². The molecule has 0 aliphatic heterocycles. The molecule has 4 heteroatoms. The molecule has 0 fully saturated rings. The third kappa shape index (κ3) is 13.8. The Balaban J connectivity index is 0.000000151. The molecule has 0 atom stereocenters. The SMILES string of the molecule is c1ccc(-c2ccc(-c3ccc(N(c4ccc(-c5ccc(-c6ccccc6)cc5)cc4)c4ccc(-c5cccc6c5oc5ccccc56)cc4)cc3)cc2)cc1.c1ccc(-c2cccc(-c3ccc(N(c4ccc(-c5cccc(-c6ccccc6)c5)cc4)c4ccc(-c5cccc6c5oc5ccccc56)cc4)cc3)c2)cc1. The number of fused-ring (bicyclic) bond motifs is 6. The topological polar surface area (TPSA) is 32.8 Å². The molecule has 112 heavy (non-hydrogen) atoms. The summed E-state index contributed by atoms with van der Waals surface area (Å²) in [4.78, 5) is 4.66. The second-order valence-electron chi connectivity index (χ2n) is 28.3. The van der Waals surface area contributed by atoms with E-state index in [2.05, 4.69) is 434 Å². The summed E-state index contributed by atoms with van der Waals surface area (Å²) in [5.41, 5.74) is 33.7. The fraction of sp³-hybridized carbons (Fsp3) is 0. The molecule has 2 heterocycles. The Labute approximate surface area is 652 Å². The normalized spacial score (nSPS) is 11.2. The van der Waals surface area contributed by atoms with E-state index in [0.717, 1.165) is 100 Å². The van der Waals surface area contributed by atoms with E-state index in [-0.39, 0.29) is 0 Å². The molecule has 0 radical (unpaired) electrons. The highest BCUT2D eigenvalue weighted by atomic mass is 16.3. The van der Waals surface area contributed by atoms with Crippen molar-refractivity contribution in [3.63, 3.8) is 0 Å². The summed E-state index contributed by atoms with van der Waals surface area (Å²) in [6.07, 6.45) is 0. The van der Waals surface area contributed by atoms with Gasteiger partial charge in [0, 0.05) is 66.8 Å². The van der Waals surface area contributed by atoms with Crippen LogP contribution >= 0.6 is 0 Å². The van der Waals surface area contributed by atoms with E-state index in [1.807, 2.05) is 24.3 Å². The Morgan fingerprint density at radius 3 is 0.598 bits per heavy atom. The maximum Gasteiger partial charge on any atom is 0.143 e. The largest absolute Gasteiger partial charge is 0.455 e. The highest BCUT2D eigenvalue weighted by Crippen LogP contribution is 2.44. The molecule has 528 valence electrons. The number of hydrogen-bond acceptors (Lipinski definition) is 4. The van der Waals surface area contributed by atoms with Crippen LogP contribution in [0.25, 0.3) is 155 Å². The smallest absolute Gasteiger partial charge is 0.143 e. The van der Waals surface area contributed by atoms with Crippen LogP contribution < -0.4 is 9.80 Å². The van der Waals surface area contributed by atoms with Crippen molar-refractivity contribution < 1.29 is 8.83 Å². The maximum atomic E-state index is 6.40. The minimum Gasteiger partial charge on any atom is -0.455 e. The predicted molar refractivity (Wildman–Crippen MR) is 471 cm³/mol. The summed E-state index contributed by atoms with van der Waals surface area (Å²) >= 11 is 0. The molecule has 0 aliphatic carbocycles. The van der Waals surface area contributed by atoms with Gasteiger partial charge >= 0.3 is 0 Å². The number of furan rings is 2. The van der Waals surface area contributed by atoms with Crippen LogP contribution in [0, 0.1) is 0 Å². The first-order chi connectivity index (χ1) is 55.5. The second kappa shape index (κ2) is 30.4. The quantitative estimate of drug-likeness (QED) is 0.0965. The molecule has 2 aromatic heterocycles. The highest BCUT2D eigenvalue weighted by Gasteiger charge is 2.20. The Morgan fingerprint density at radius 2 is 0.321 bits per heavy atom. The van der Waals surface area contributed by atoms with Crippen molar-refractivity contribution >= 4 is 78.0 Å². The number of para-hydroxylation sites is 4. The van der Waals surface area contributed by atoms with E-state index >= 15 is 0 Å². The Hall–Kier alpha value is -14.8. The summed E-state index contributed by atoms with van der Waals surface area (Å²) in [7, 11) is 0. The van der Waals surface area contributed by atoms with Gasteiger partial charge in [-0.2, -0.15) is 0 Å². The Morgan fingerprint density at radius 1 is 0.134 bits per heavy atom. The zero-order valence-electron chi connectivity index (χ0n) is 61.4. The van der Waals surface area contributed by atoms with E-state index in [1.54, 1.807) is 0 Å². The molecule has 0 saturated carbocycles. The van der Waals surface area contributed by atoms with Gasteiger partial charge in [-0.05, 0) is 197 Å². The standard InChI is InChI=1S/2C54H37NO/c1-3-12-38(13-4-1)43-16-9-18-45(36-43)40-24-30-47(31-25-40)55(48-32-26-41(27-33-48)46-19-10-17-44(37-46)39-14-5-2-6-15-39)49-34-28-42(29-35-49)50-21-11-22-52-51-20-7-8-23-53(51)56-54(50)52;1-3-10-38(11-4-1)40-18-22-42(23-19-40)44-26-32-47(33-27-44)55(48-34-28-45(29-35-48)43-24-20-41(21-25-43)39-12-5-2-6-13-39)49-36-30-46(31-37-49)50-15-9-16-52-51-14-7-8-17-53(51)56-54(50)52/h2*1-37H. The molecule has 0 bridgehead atoms. The molecule has 0 saturated heterocycles. The lowest BCUT2D eigenvalue weighted by molar-refractivity contribution is 0.669. The molecule has 18 aromatic carbocycles. The third-order valence-corrected chi connectivity index (χ3v) is 21.4. The van der Waals surface area contributed by atoms with Gasteiger partial charge in [0.15, 0.2) is 0 Å². The van der Waals surface area contributed by atoms with E-state index in [9.17, 15) is 0 Å². The van der Waals surface area contributed by atoms with Gasteiger partial charge in [0.05, 0.1) is 0 Å². The molecule has 0 unspecified atom stereocenters. The molecule has 20 rings (SSSR count). The number of nitrogens with zero attached hydrogens (tertiary/aromatic N) is 2. The summed E-state index contributed by atoms with van der Waals surface area (Å²) in [5.74, 6) is 0. The fourth-order valence-electron chi connectivity index (χ4n) is 15.6. The molecular weight excluding hydrogens is 1360 g/mol. The van der Waals surface area contributed by atoms with Crippen LogP contribution in [-0.2, 0) is 0 Å². The molecule has 4 nitrogen and oxygen atoms in total. The summed E-state index contributed by atoms with van der Waals surface area (Å²) in [6.45, 7) is 0. The van der Waals surface area contributed by atoms with Crippen molar-refractivity contribution in [2.45, 2.75) is 0 Å². The van der Waals surface area contributed by atoms with E-state index < -0.39 is 0 Å². The average molecular weight is 1430 g/mol. The molecule has 0 spiro atoms. The van der Waals surface area contributed by atoms with Crippen LogP contribution in [-0.4, -0.2) is 0 Å². The van der Waals surface area contributed by atoms with Crippen molar-refractivity contribution in [1.29, 1.82) is 0 Å². The van der Waals surface area contributed by atoms with Gasteiger partial charge in [-0.25, -0.2) is 0 Å². The van der Waals surface area contributed by atoms with Crippen LogP contribution in [0.3, 0.4) is 0 Å². The fourth-order valence-corrected chi connectivity index (χ4v) is 15.6. The average Bonchev–Trinajstić information content (AvgIpc) is 1.61. The van der Waals surface area contributed by atoms with Crippen LogP contribution in [0.1, 0.15) is 0 Å². The van der Waals surface area contributed by atoms with E-state index in [1.165, 1.54) is 89.0 Å². The molecule has 0 N–H and O–H groups in total. The zero-order chi connectivity index (χ0) is 74.5. The van der Waals surface area contributed by atoms with E-state index in [0.29, 0.717) is 0 Å². The highest BCUT2D eigenvalue weighted by molar-refractivity contribution is 6.11. The molecule has 20 aromatic rings. The van der Waals surface area contributed by atoms with Gasteiger partial charge in [-0.3, -0.25) is 0 Å². The summed E-state index contributed by atoms with van der Waals surface area (Å²) < 4.78 is 12.8. The monoisotopic (exact) mass is 1430 g/mol. The minimum absolute atomic E-state index is 0.906. The van der Waals surface area contributed by atoms with Crippen LogP contribution in [0.2, 0.25) is 0 Å².